The molecule has 3 aromatic rings. The van der Waals surface area contributed by atoms with Crippen molar-refractivity contribution < 1.29 is 22.8 Å². The second-order valence-corrected chi connectivity index (χ2v) is 14.9. The molecule has 4 fully saturated rings. The highest BCUT2D eigenvalue weighted by Gasteiger charge is 2.34. The van der Waals surface area contributed by atoms with E-state index in [1.165, 1.54) is 0 Å². The number of carbonyl (C=O) groups excluding carboxylic acids is 2. The maximum absolute atomic E-state index is 14.8. The standard InChI is InChI=1S/C36H48F3N9O2/c1-44-11-15-46(16-12-44)34(49)24-5-3-23(4-6-24)19-31-40-22-30-33(42-31)48(36(41-30)43-32-28(38)20-26(37)21-29(32)39)27-9-7-25(8-10-27)35(50)47-17-13-45(2)14-18-47/h20-25,27H,3-19H2,1-2H3,(H,41,43). The number of fused-ring (bicyclic) bond motifs is 1. The number of nitrogens with zero attached hydrogens (tertiary/aromatic N) is 8. The summed E-state index contributed by atoms with van der Waals surface area (Å²) < 4.78 is 45.3. The van der Waals surface area contributed by atoms with E-state index in [9.17, 15) is 22.8 Å². The van der Waals surface area contributed by atoms with Crippen LogP contribution in [-0.4, -0.2) is 117 Å². The van der Waals surface area contributed by atoms with Gasteiger partial charge in [0.05, 0.1) is 6.20 Å². The number of nitrogens with one attached hydrogen (secondary N) is 1. The lowest BCUT2D eigenvalue weighted by atomic mass is 9.79. The quantitative estimate of drug-likeness (QED) is 0.383. The first-order chi connectivity index (χ1) is 24.1. The molecule has 270 valence electrons. The lowest BCUT2D eigenvalue weighted by Gasteiger charge is -2.37. The van der Waals surface area contributed by atoms with E-state index in [0.717, 1.165) is 78.0 Å². The second-order valence-electron chi connectivity index (χ2n) is 14.9. The fourth-order valence-corrected chi connectivity index (χ4v) is 8.25. The van der Waals surface area contributed by atoms with Gasteiger partial charge in [-0.2, -0.15) is 0 Å². The van der Waals surface area contributed by atoms with Crippen molar-refractivity contribution in [3.05, 3.63) is 41.6 Å². The van der Waals surface area contributed by atoms with E-state index in [1.807, 2.05) is 14.4 Å². The molecular weight excluding hydrogens is 647 g/mol. The number of piperazine rings is 2. The molecule has 50 heavy (non-hydrogen) atoms. The van der Waals surface area contributed by atoms with Crippen molar-refractivity contribution in [1.29, 1.82) is 0 Å². The first-order valence-electron chi connectivity index (χ1n) is 18.2. The number of aromatic nitrogens is 4. The van der Waals surface area contributed by atoms with Gasteiger partial charge in [-0.1, -0.05) is 0 Å². The summed E-state index contributed by atoms with van der Waals surface area (Å²) in [5.74, 6) is -1.43. The zero-order chi connectivity index (χ0) is 34.9. The van der Waals surface area contributed by atoms with Gasteiger partial charge in [0.2, 0.25) is 17.8 Å². The summed E-state index contributed by atoms with van der Waals surface area (Å²) in [6, 6.07) is 1.15. The van der Waals surface area contributed by atoms with E-state index in [4.69, 9.17) is 4.98 Å². The fraction of sp³-hybridized carbons (Fsp3) is 0.639. The molecule has 0 bridgehead atoms. The van der Waals surface area contributed by atoms with Gasteiger partial charge in [0.25, 0.3) is 0 Å². The van der Waals surface area contributed by atoms with Gasteiger partial charge in [0.1, 0.15) is 22.8 Å². The van der Waals surface area contributed by atoms with E-state index >= 15 is 0 Å². The lowest BCUT2D eigenvalue weighted by Crippen LogP contribution is -2.49. The predicted molar refractivity (Wildman–Crippen MR) is 183 cm³/mol. The number of rotatable bonds is 7. The summed E-state index contributed by atoms with van der Waals surface area (Å²) in [6.07, 6.45) is 8.58. The third kappa shape index (κ3) is 7.46. The van der Waals surface area contributed by atoms with Crippen LogP contribution < -0.4 is 5.32 Å². The Morgan fingerprint density at radius 2 is 1.26 bits per heavy atom. The van der Waals surface area contributed by atoms with Crippen molar-refractivity contribution in [1.82, 2.24) is 39.1 Å². The lowest BCUT2D eigenvalue weighted by molar-refractivity contribution is -0.139. The van der Waals surface area contributed by atoms with Gasteiger partial charge in [-0.25, -0.2) is 28.1 Å². The van der Waals surface area contributed by atoms with Gasteiger partial charge in [0, 0.05) is 88.8 Å². The van der Waals surface area contributed by atoms with Crippen LogP contribution in [0.15, 0.2) is 18.3 Å². The summed E-state index contributed by atoms with van der Waals surface area (Å²) in [4.78, 5) is 49.3. The average molecular weight is 696 g/mol. The van der Waals surface area contributed by atoms with Crippen LogP contribution in [0.25, 0.3) is 11.2 Å². The fourth-order valence-electron chi connectivity index (χ4n) is 8.25. The van der Waals surface area contributed by atoms with Crippen molar-refractivity contribution in [2.24, 2.45) is 17.8 Å². The molecule has 14 heteroatoms. The van der Waals surface area contributed by atoms with E-state index < -0.39 is 23.1 Å². The van der Waals surface area contributed by atoms with Crippen LogP contribution in [0.3, 0.4) is 0 Å². The Morgan fingerprint density at radius 1 is 0.740 bits per heavy atom. The number of imidazole rings is 1. The van der Waals surface area contributed by atoms with Gasteiger partial charge in [-0.15, -0.1) is 0 Å². The highest BCUT2D eigenvalue weighted by atomic mass is 19.1. The summed E-state index contributed by atoms with van der Waals surface area (Å²) in [6.45, 7) is 6.62. The Kier molecular flexibility index (Phi) is 10.3. The Morgan fingerprint density at radius 3 is 1.80 bits per heavy atom. The number of anilines is 2. The third-order valence-corrected chi connectivity index (χ3v) is 11.4. The highest BCUT2D eigenvalue weighted by molar-refractivity contribution is 5.80. The van der Waals surface area contributed by atoms with Crippen molar-refractivity contribution in [2.75, 3.05) is 71.8 Å². The van der Waals surface area contributed by atoms with E-state index in [2.05, 4.69) is 39.2 Å². The minimum Gasteiger partial charge on any atom is -0.340 e. The molecule has 7 rings (SSSR count). The number of carbonyl (C=O) groups is 2. The molecule has 2 amide bonds. The Hall–Kier alpha value is -3.78. The maximum atomic E-state index is 14.8. The molecule has 4 heterocycles. The number of hydrogen-bond acceptors (Lipinski definition) is 8. The van der Waals surface area contributed by atoms with Crippen LogP contribution in [-0.2, 0) is 16.0 Å². The zero-order valence-electron chi connectivity index (χ0n) is 29.1. The van der Waals surface area contributed by atoms with Crippen molar-refractivity contribution in [2.45, 2.75) is 63.8 Å². The Bertz CT molecular complexity index is 1660. The number of halogens is 3. The SMILES string of the molecule is CN1CCN(C(=O)C2CCC(Cc3ncc4nc(Nc5c(F)cc(F)cc5F)n(C5CCC(C(=O)N6CCN(C)CC6)CC5)c4n3)CC2)CC1. The third-order valence-electron chi connectivity index (χ3n) is 11.4. The molecule has 2 aliphatic heterocycles. The van der Waals surface area contributed by atoms with E-state index in [1.54, 1.807) is 6.20 Å². The normalized spacial score (nSPS) is 25.6. The van der Waals surface area contributed by atoms with Crippen molar-refractivity contribution >= 4 is 34.6 Å². The van der Waals surface area contributed by atoms with Gasteiger partial charge in [0.15, 0.2) is 17.3 Å². The number of likely N-dealkylation sites (N-methyl/N-ethyl adjacent to an activating group) is 2. The van der Waals surface area contributed by atoms with Crippen molar-refractivity contribution in [3.63, 3.8) is 0 Å². The molecule has 4 aliphatic rings. The van der Waals surface area contributed by atoms with Crippen LogP contribution in [0.2, 0.25) is 0 Å². The van der Waals surface area contributed by atoms with Gasteiger partial charge in [-0.05, 0) is 71.4 Å². The summed E-state index contributed by atoms with van der Waals surface area (Å²) in [5, 5.41) is 2.81. The first kappa shape index (κ1) is 34.7. The zero-order valence-corrected chi connectivity index (χ0v) is 29.1. The molecule has 2 saturated heterocycles. The van der Waals surface area contributed by atoms with E-state index in [-0.39, 0.29) is 35.6 Å². The number of amides is 2. The van der Waals surface area contributed by atoms with Gasteiger partial charge in [-0.3, -0.25) is 14.2 Å². The first-order valence-corrected chi connectivity index (χ1v) is 18.2. The molecule has 2 aliphatic carbocycles. The molecule has 0 atom stereocenters. The second kappa shape index (κ2) is 14.8. The molecule has 1 aromatic carbocycles. The van der Waals surface area contributed by atoms with E-state index in [0.29, 0.717) is 67.1 Å². The molecule has 0 spiro atoms. The topological polar surface area (TPSA) is 103 Å². The number of benzene rings is 1. The highest BCUT2D eigenvalue weighted by Crippen LogP contribution is 2.39. The van der Waals surface area contributed by atoms with Crippen LogP contribution in [0.5, 0.6) is 0 Å². The van der Waals surface area contributed by atoms with Gasteiger partial charge >= 0.3 is 0 Å². The largest absolute Gasteiger partial charge is 0.340 e. The molecule has 0 radical (unpaired) electrons. The molecule has 0 unspecified atom stereocenters. The smallest absolute Gasteiger partial charge is 0.225 e. The molecule has 11 nitrogen and oxygen atoms in total. The summed E-state index contributed by atoms with van der Waals surface area (Å²) >= 11 is 0. The minimum absolute atomic E-state index is 0.0682. The van der Waals surface area contributed by atoms with Gasteiger partial charge < -0.3 is 24.9 Å². The van der Waals surface area contributed by atoms with Crippen LogP contribution in [0, 0.1) is 35.2 Å². The molecule has 1 N–H and O–H groups in total. The molecular formula is C36H48F3N9O2. The predicted octanol–water partition coefficient (Wildman–Crippen LogP) is 4.62. The van der Waals surface area contributed by atoms with Crippen LogP contribution >= 0.6 is 0 Å². The van der Waals surface area contributed by atoms with Crippen LogP contribution in [0.1, 0.15) is 63.2 Å². The monoisotopic (exact) mass is 695 g/mol. The molecule has 2 aromatic heterocycles. The Labute approximate surface area is 291 Å². The molecule has 2 saturated carbocycles. The maximum Gasteiger partial charge on any atom is 0.225 e. The minimum atomic E-state index is -1.06. The van der Waals surface area contributed by atoms with Crippen molar-refractivity contribution in [3.8, 4) is 0 Å². The Balaban J connectivity index is 1.08. The number of hydrogen-bond donors (Lipinski definition) is 1. The summed E-state index contributed by atoms with van der Waals surface area (Å²) in [5.41, 5.74) is 0.558. The van der Waals surface area contributed by atoms with Crippen LogP contribution in [0.4, 0.5) is 24.8 Å². The summed E-state index contributed by atoms with van der Waals surface area (Å²) in [7, 11) is 4.15. The average Bonchev–Trinajstić information content (AvgIpc) is 3.47.